The molecule has 9 heteroatoms. The molecule has 2 rings (SSSR count). The van der Waals surface area contributed by atoms with Crippen molar-refractivity contribution in [3.05, 3.63) is 52.9 Å². The lowest BCUT2D eigenvalue weighted by Gasteiger charge is -2.16. The van der Waals surface area contributed by atoms with Gasteiger partial charge < -0.3 is 5.32 Å². The van der Waals surface area contributed by atoms with Crippen LogP contribution >= 0.6 is 15.9 Å². The molecule has 0 atom stereocenters. The number of hydrogen-bond acceptors (Lipinski definition) is 4. The van der Waals surface area contributed by atoms with Crippen LogP contribution in [-0.2, 0) is 14.8 Å². The zero-order valence-electron chi connectivity index (χ0n) is 12.0. The van der Waals surface area contributed by atoms with E-state index in [1.807, 2.05) is 0 Å². The maximum absolute atomic E-state index is 12.7. The first-order chi connectivity index (χ1) is 10.8. The van der Waals surface area contributed by atoms with Crippen LogP contribution < -0.4 is 5.32 Å². The number of benzene rings is 1. The van der Waals surface area contributed by atoms with Gasteiger partial charge in [-0.2, -0.15) is 4.31 Å². The molecule has 0 radical (unpaired) electrons. The van der Waals surface area contributed by atoms with E-state index in [9.17, 15) is 17.6 Å². The van der Waals surface area contributed by atoms with E-state index >= 15 is 0 Å². The molecular formula is C14H13BrFN3O3S. The van der Waals surface area contributed by atoms with Gasteiger partial charge in [-0.1, -0.05) is 15.9 Å². The van der Waals surface area contributed by atoms with E-state index in [1.165, 1.54) is 25.2 Å². The summed E-state index contributed by atoms with van der Waals surface area (Å²) in [6, 6.07) is 8.51. The summed E-state index contributed by atoms with van der Waals surface area (Å²) in [5.74, 6) is -0.962. The van der Waals surface area contributed by atoms with E-state index in [1.54, 1.807) is 12.1 Å². The van der Waals surface area contributed by atoms with Gasteiger partial charge in [0.15, 0.2) is 0 Å². The lowest BCUT2D eigenvalue weighted by Crippen LogP contribution is -2.35. The Morgan fingerprint density at radius 1 is 1.26 bits per heavy atom. The van der Waals surface area contributed by atoms with Gasteiger partial charge >= 0.3 is 0 Å². The minimum atomic E-state index is -3.78. The minimum absolute atomic E-state index is 0.0795. The molecule has 122 valence electrons. The molecule has 0 unspecified atom stereocenters. The normalized spacial score (nSPS) is 11.5. The summed E-state index contributed by atoms with van der Waals surface area (Å²) < 4.78 is 39.1. The van der Waals surface area contributed by atoms with E-state index in [-0.39, 0.29) is 10.7 Å². The van der Waals surface area contributed by atoms with Gasteiger partial charge in [-0.25, -0.2) is 17.8 Å². The number of hydrogen-bond donors (Lipinski definition) is 1. The molecule has 0 aliphatic carbocycles. The predicted octanol–water partition coefficient (Wildman–Crippen LogP) is 2.24. The Hall–Kier alpha value is -1.84. The fraction of sp³-hybridized carbons (Fsp3) is 0.143. The van der Waals surface area contributed by atoms with Crippen LogP contribution in [0.1, 0.15) is 0 Å². The molecule has 0 spiro atoms. The van der Waals surface area contributed by atoms with Gasteiger partial charge in [-0.05, 0) is 36.4 Å². The lowest BCUT2D eigenvalue weighted by atomic mass is 10.4. The molecule has 0 bridgehead atoms. The van der Waals surface area contributed by atoms with Crippen LogP contribution in [0.2, 0.25) is 0 Å². The highest BCUT2D eigenvalue weighted by Gasteiger charge is 2.23. The number of rotatable bonds is 5. The highest BCUT2D eigenvalue weighted by molar-refractivity contribution is 9.10. The second-order valence-electron chi connectivity index (χ2n) is 4.62. The quantitative estimate of drug-likeness (QED) is 0.832. The van der Waals surface area contributed by atoms with E-state index in [2.05, 4.69) is 26.2 Å². The standard InChI is InChI=1S/C14H13BrFN3O3S/c1-19(23(21,22)12-5-2-10(15)3-6-12)9-14(20)18-13-7-4-11(16)8-17-13/h2-8H,9H2,1H3,(H,17,18,20). The third-order valence-corrected chi connectivity index (χ3v) is 5.23. The molecule has 1 aromatic heterocycles. The molecule has 2 aromatic rings. The fourth-order valence-corrected chi connectivity index (χ4v) is 3.10. The maximum Gasteiger partial charge on any atom is 0.243 e. The van der Waals surface area contributed by atoms with Crippen molar-refractivity contribution in [2.24, 2.45) is 0 Å². The van der Waals surface area contributed by atoms with Crippen molar-refractivity contribution in [1.29, 1.82) is 0 Å². The number of anilines is 1. The summed E-state index contributed by atoms with van der Waals surface area (Å²) in [5.41, 5.74) is 0. The lowest BCUT2D eigenvalue weighted by molar-refractivity contribution is -0.116. The first kappa shape index (κ1) is 17.5. The number of carbonyl (C=O) groups excluding carboxylic acids is 1. The number of aromatic nitrogens is 1. The van der Waals surface area contributed by atoms with Gasteiger partial charge in [0.1, 0.15) is 11.6 Å². The van der Waals surface area contributed by atoms with Gasteiger partial charge in [0.05, 0.1) is 17.6 Å². The van der Waals surface area contributed by atoms with Crippen LogP contribution in [0, 0.1) is 5.82 Å². The zero-order chi connectivity index (χ0) is 17.0. The molecule has 0 aliphatic heterocycles. The molecule has 0 aliphatic rings. The number of likely N-dealkylation sites (N-methyl/N-ethyl adjacent to an activating group) is 1. The molecule has 0 saturated carbocycles. The highest BCUT2D eigenvalue weighted by Crippen LogP contribution is 2.17. The van der Waals surface area contributed by atoms with Crippen molar-refractivity contribution < 1.29 is 17.6 Å². The number of sulfonamides is 1. The summed E-state index contributed by atoms with van der Waals surface area (Å²) in [7, 11) is -2.48. The van der Waals surface area contributed by atoms with Crippen LogP contribution in [-0.4, -0.2) is 37.2 Å². The van der Waals surface area contributed by atoms with Crippen LogP contribution in [0.3, 0.4) is 0 Å². The zero-order valence-corrected chi connectivity index (χ0v) is 14.4. The Kier molecular flexibility index (Phi) is 5.45. The van der Waals surface area contributed by atoms with Gasteiger partial charge in [0.2, 0.25) is 15.9 Å². The summed E-state index contributed by atoms with van der Waals surface area (Å²) in [6.07, 6.45) is 0.956. The van der Waals surface area contributed by atoms with Crippen molar-refractivity contribution in [2.45, 2.75) is 4.90 Å². The average Bonchev–Trinajstić information content (AvgIpc) is 2.50. The van der Waals surface area contributed by atoms with Crippen LogP contribution in [0.25, 0.3) is 0 Å². The van der Waals surface area contributed by atoms with Crippen LogP contribution in [0.4, 0.5) is 10.2 Å². The van der Waals surface area contributed by atoms with Crippen molar-refractivity contribution >= 4 is 37.7 Å². The topological polar surface area (TPSA) is 79.4 Å². The minimum Gasteiger partial charge on any atom is -0.310 e. The number of amides is 1. The number of pyridine rings is 1. The van der Waals surface area contributed by atoms with Gasteiger partial charge in [0, 0.05) is 11.5 Å². The predicted molar refractivity (Wildman–Crippen MR) is 86.8 cm³/mol. The second kappa shape index (κ2) is 7.16. The maximum atomic E-state index is 12.7. The SMILES string of the molecule is CN(CC(=O)Nc1ccc(F)cn1)S(=O)(=O)c1ccc(Br)cc1. The second-order valence-corrected chi connectivity index (χ2v) is 7.59. The third kappa shape index (κ3) is 4.57. The van der Waals surface area contributed by atoms with E-state index in [0.29, 0.717) is 0 Å². The fourth-order valence-electron chi connectivity index (χ4n) is 1.71. The Morgan fingerprint density at radius 3 is 2.48 bits per heavy atom. The summed E-state index contributed by atoms with van der Waals surface area (Å²) in [5, 5.41) is 2.40. The smallest absolute Gasteiger partial charge is 0.243 e. The van der Waals surface area contributed by atoms with Crippen LogP contribution in [0.5, 0.6) is 0 Å². The molecule has 1 heterocycles. The first-order valence-electron chi connectivity index (χ1n) is 6.42. The molecule has 1 amide bonds. The molecule has 23 heavy (non-hydrogen) atoms. The third-order valence-electron chi connectivity index (χ3n) is 2.88. The largest absolute Gasteiger partial charge is 0.310 e. The van der Waals surface area contributed by atoms with Crippen molar-refractivity contribution in [3.8, 4) is 0 Å². The van der Waals surface area contributed by atoms with E-state index in [4.69, 9.17) is 0 Å². The molecule has 1 N–H and O–H groups in total. The molecule has 1 aromatic carbocycles. The Labute approximate surface area is 141 Å². The summed E-state index contributed by atoms with van der Waals surface area (Å²) in [6.45, 7) is -0.391. The molecule has 0 fully saturated rings. The molecular weight excluding hydrogens is 389 g/mol. The van der Waals surface area contributed by atoms with Crippen LogP contribution in [0.15, 0.2) is 52.0 Å². The van der Waals surface area contributed by atoms with Gasteiger partial charge in [-0.15, -0.1) is 0 Å². The molecule has 0 saturated heterocycles. The number of carbonyl (C=O) groups is 1. The summed E-state index contributed by atoms with van der Waals surface area (Å²) in [4.78, 5) is 15.6. The van der Waals surface area contributed by atoms with Gasteiger partial charge in [0.25, 0.3) is 0 Å². The summed E-state index contributed by atoms with van der Waals surface area (Å²) >= 11 is 3.23. The Balaban J connectivity index is 2.05. The molecule has 6 nitrogen and oxygen atoms in total. The van der Waals surface area contributed by atoms with Crippen molar-refractivity contribution in [3.63, 3.8) is 0 Å². The van der Waals surface area contributed by atoms with Crippen molar-refractivity contribution in [1.82, 2.24) is 9.29 Å². The van der Waals surface area contributed by atoms with E-state index < -0.39 is 28.3 Å². The monoisotopic (exact) mass is 401 g/mol. The Morgan fingerprint density at radius 2 is 1.91 bits per heavy atom. The number of halogens is 2. The number of nitrogens with one attached hydrogen (secondary N) is 1. The first-order valence-corrected chi connectivity index (χ1v) is 8.65. The van der Waals surface area contributed by atoms with E-state index in [0.717, 1.165) is 21.0 Å². The Bertz CT molecular complexity index is 795. The number of nitrogens with zero attached hydrogens (tertiary/aromatic N) is 2. The van der Waals surface area contributed by atoms with Crippen molar-refractivity contribution in [2.75, 3.05) is 18.9 Å². The average molecular weight is 402 g/mol. The highest BCUT2D eigenvalue weighted by atomic mass is 79.9. The van der Waals surface area contributed by atoms with Gasteiger partial charge in [-0.3, -0.25) is 4.79 Å².